The summed E-state index contributed by atoms with van der Waals surface area (Å²) in [7, 11) is -3.34. The van der Waals surface area contributed by atoms with Crippen LogP contribution in [-0.2, 0) is 10.2 Å². The minimum absolute atomic E-state index is 0.244. The van der Waals surface area contributed by atoms with Crippen LogP contribution < -0.4 is 10.5 Å². The van der Waals surface area contributed by atoms with E-state index in [0.717, 1.165) is 6.42 Å². The Balaban J connectivity index is 2.66. The Morgan fingerprint density at radius 1 is 1.50 bits per heavy atom. The fourth-order valence-corrected chi connectivity index (χ4v) is 4.52. The van der Waals surface area contributed by atoms with Gasteiger partial charge in [0, 0.05) is 19.6 Å². The van der Waals surface area contributed by atoms with Gasteiger partial charge < -0.3 is 5.73 Å². The van der Waals surface area contributed by atoms with Crippen molar-refractivity contribution in [2.45, 2.75) is 30.9 Å². The van der Waals surface area contributed by atoms with E-state index in [2.05, 4.69) is 4.72 Å². The van der Waals surface area contributed by atoms with E-state index in [1.807, 2.05) is 13.2 Å². The highest BCUT2D eigenvalue weighted by atomic mass is 32.2. The quantitative estimate of drug-likeness (QED) is 0.707. The average molecular weight is 311 g/mol. The average Bonchev–Trinajstić information content (AvgIpc) is 2.36. The van der Waals surface area contributed by atoms with Crippen LogP contribution in [0.15, 0.2) is 0 Å². The van der Waals surface area contributed by atoms with E-state index in [0.29, 0.717) is 37.5 Å². The lowest BCUT2D eigenvalue weighted by molar-refractivity contribution is 0.328. The van der Waals surface area contributed by atoms with Gasteiger partial charge in [-0.2, -0.15) is 24.5 Å². The standard InChI is InChI=1S/C10H21N3O2S3/c1-3-6-12-18(14,15)13-7-4-10(17-2,5-8-13)9(11)16/h12H,3-8H2,1-2H3,(H2,11,16). The third-order valence-corrected chi connectivity index (χ3v) is 6.79. The summed E-state index contributed by atoms with van der Waals surface area (Å²) < 4.78 is 27.7. The molecule has 0 saturated carbocycles. The summed E-state index contributed by atoms with van der Waals surface area (Å²) in [4.78, 5) is 0.480. The molecule has 5 nitrogen and oxygen atoms in total. The monoisotopic (exact) mass is 311 g/mol. The molecule has 1 fully saturated rings. The molecular weight excluding hydrogens is 290 g/mol. The molecule has 106 valence electrons. The second-order valence-corrected chi connectivity index (χ2v) is 7.75. The second kappa shape index (κ2) is 6.51. The molecule has 0 unspecified atom stereocenters. The number of nitrogens with one attached hydrogen (secondary N) is 1. The zero-order chi connectivity index (χ0) is 13.8. The van der Waals surface area contributed by atoms with Gasteiger partial charge in [0.25, 0.3) is 10.2 Å². The van der Waals surface area contributed by atoms with Gasteiger partial charge in [-0.05, 0) is 25.5 Å². The molecule has 0 aromatic rings. The van der Waals surface area contributed by atoms with Crippen molar-refractivity contribution in [3.63, 3.8) is 0 Å². The van der Waals surface area contributed by atoms with Crippen LogP contribution in [0.4, 0.5) is 0 Å². The number of nitrogens with zero attached hydrogens (tertiary/aromatic N) is 1. The van der Waals surface area contributed by atoms with Crippen molar-refractivity contribution in [3.05, 3.63) is 0 Å². The highest BCUT2D eigenvalue weighted by Crippen LogP contribution is 2.35. The third kappa shape index (κ3) is 3.57. The molecule has 0 radical (unpaired) electrons. The van der Waals surface area contributed by atoms with E-state index in [9.17, 15) is 8.42 Å². The van der Waals surface area contributed by atoms with Crippen LogP contribution in [0, 0.1) is 0 Å². The smallest absolute Gasteiger partial charge is 0.279 e. The highest BCUT2D eigenvalue weighted by molar-refractivity contribution is 8.02. The minimum atomic E-state index is -3.34. The molecule has 1 heterocycles. The molecule has 0 spiro atoms. The summed E-state index contributed by atoms with van der Waals surface area (Å²) in [5.74, 6) is 0. The first kappa shape index (κ1) is 16.2. The predicted molar refractivity (Wildman–Crippen MR) is 81.1 cm³/mol. The number of thiocarbonyl (C=S) groups is 1. The maximum atomic E-state index is 12.0. The third-order valence-electron chi connectivity index (χ3n) is 3.24. The number of hydrogen-bond acceptors (Lipinski definition) is 4. The fourth-order valence-electron chi connectivity index (χ4n) is 1.96. The van der Waals surface area contributed by atoms with E-state index in [-0.39, 0.29) is 4.75 Å². The SMILES string of the molecule is CCCNS(=O)(=O)N1CCC(SC)(C(N)=S)CC1. The number of nitrogens with two attached hydrogens (primary N) is 1. The summed E-state index contributed by atoms with van der Waals surface area (Å²) in [5, 5.41) is 0. The first-order valence-corrected chi connectivity index (χ1v) is 9.05. The van der Waals surface area contributed by atoms with Gasteiger partial charge in [-0.3, -0.25) is 0 Å². The van der Waals surface area contributed by atoms with Crippen molar-refractivity contribution in [2.24, 2.45) is 5.73 Å². The Hall–Kier alpha value is 0.110. The summed E-state index contributed by atoms with van der Waals surface area (Å²) >= 11 is 6.73. The topological polar surface area (TPSA) is 75.4 Å². The van der Waals surface area contributed by atoms with Crippen LogP contribution in [0.5, 0.6) is 0 Å². The van der Waals surface area contributed by atoms with Gasteiger partial charge in [-0.15, -0.1) is 0 Å². The Labute approximate surface area is 119 Å². The van der Waals surface area contributed by atoms with Crippen LogP contribution in [0.1, 0.15) is 26.2 Å². The van der Waals surface area contributed by atoms with E-state index in [4.69, 9.17) is 18.0 Å². The Morgan fingerprint density at radius 2 is 2.06 bits per heavy atom. The van der Waals surface area contributed by atoms with Gasteiger partial charge in [0.1, 0.15) is 0 Å². The minimum Gasteiger partial charge on any atom is -0.392 e. The molecule has 3 N–H and O–H groups in total. The van der Waals surface area contributed by atoms with E-state index in [1.165, 1.54) is 4.31 Å². The summed E-state index contributed by atoms with van der Waals surface area (Å²) in [6.07, 6.45) is 4.11. The van der Waals surface area contributed by atoms with Gasteiger partial charge in [0.05, 0.1) is 9.74 Å². The maximum Gasteiger partial charge on any atom is 0.279 e. The van der Waals surface area contributed by atoms with Gasteiger partial charge in [-0.25, -0.2) is 4.72 Å². The van der Waals surface area contributed by atoms with Gasteiger partial charge in [0.2, 0.25) is 0 Å². The van der Waals surface area contributed by atoms with Gasteiger partial charge in [-0.1, -0.05) is 19.1 Å². The molecule has 1 aliphatic heterocycles. The molecule has 1 saturated heterocycles. The van der Waals surface area contributed by atoms with Crippen molar-refractivity contribution in [2.75, 3.05) is 25.9 Å². The Morgan fingerprint density at radius 3 is 2.44 bits per heavy atom. The number of thioether (sulfide) groups is 1. The molecular formula is C10H21N3O2S3. The van der Waals surface area contributed by atoms with E-state index >= 15 is 0 Å². The highest BCUT2D eigenvalue weighted by Gasteiger charge is 2.39. The first-order chi connectivity index (χ1) is 8.38. The maximum absolute atomic E-state index is 12.0. The predicted octanol–water partition coefficient (Wildman–Crippen LogP) is 0.715. The van der Waals surface area contributed by atoms with Crippen LogP contribution >= 0.6 is 24.0 Å². The summed E-state index contributed by atoms with van der Waals surface area (Å²) in [6.45, 7) is 3.35. The molecule has 0 bridgehead atoms. The van der Waals surface area contributed by atoms with E-state index in [1.54, 1.807) is 11.8 Å². The molecule has 8 heteroatoms. The number of hydrogen-bond donors (Lipinski definition) is 2. The molecule has 0 atom stereocenters. The van der Waals surface area contributed by atoms with Crippen LogP contribution in [-0.4, -0.2) is 48.3 Å². The van der Waals surface area contributed by atoms with Gasteiger partial charge in [0.15, 0.2) is 0 Å². The Bertz CT molecular complexity index is 389. The Kier molecular flexibility index (Phi) is 5.85. The number of rotatable bonds is 6. The zero-order valence-corrected chi connectivity index (χ0v) is 13.3. The molecule has 0 aromatic carbocycles. The van der Waals surface area contributed by atoms with Crippen LogP contribution in [0.2, 0.25) is 0 Å². The molecule has 1 aliphatic rings. The molecule has 0 amide bonds. The van der Waals surface area contributed by atoms with Crippen molar-refractivity contribution < 1.29 is 8.42 Å². The lowest BCUT2D eigenvalue weighted by Crippen LogP contribution is -2.53. The van der Waals surface area contributed by atoms with Gasteiger partial charge >= 0.3 is 0 Å². The fraction of sp³-hybridized carbons (Fsp3) is 0.900. The molecule has 1 rings (SSSR count). The summed E-state index contributed by atoms with van der Waals surface area (Å²) in [6, 6.07) is 0. The normalized spacial score (nSPS) is 20.8. The molecule has 0 aromatic heterocycles. The van der Waals surface area contributed by atoms with Crippen molar-refractivity contribution in [1.29, 1.82) is 0 Å². The zero-order valence-electron chi connectivity index (χ0n) is 10.8. The van der Waals surface area contributed by atoms with Crippen molar-refractivity contribution in [1.82, 2.24) is 9.03 Å². The number of piperidine rings is 1. The largest absolute Gasteiger partial charge is 0.392 e. The second-order valence-electron chi connectivity index (χ2n) is 4.36. The van der Waals surface area contributed by atoms with Crippen molar-refractivity contribution in [3.8, 4) is 0 Å². The lowest BCUT2D eigenvalue weighted by Gasteiger charge is -2.39. The molecule has 18 heavy (non-hydrogen) atoms. The van der Waals surface area contributed by atoms with E-state index < -0.39 is 10.2 Å². The van der Waals surface area contributed by atoms with Crippen LogP contribution in [0.3, 0.4) is 0 Å². The van der Waals surface area contributed by atoms with Crippen LogP contribution in [0.25, 0.3) is 0 Å². The summed E-state index contributed by atoms with van der Waals surface area (Å²) in [5.41, 5.74) is 5.77. The lowest BCUT2D eigenvalue weighted by atomic mass is 9.97. The van der Waals surface area contributed by atoms with Crippen molar-refractivity contribution >= 4 is 39.2 Å². The first-order valence-electron chi connectivity index (χ1n) is 5.98. The molecule has 0 aliphatic carbocycles.